The van der Waals surface area contributed by atoms with E-state index >= 15 is 0 Å². The van der Waals surface area contributed by atoms with E-state index in [1.165, 1.54) is 17.0 Å². The molecule has 4 rings (SSSR count). The number of amides is 1. The molecule has 0 saturated heterocycles. The SMILES string of the molecule is C[C@@H]1CCc2nc(NC(=O)c3cccc4ccccc34)sc2C1. The van der Waals surface area contributed by atoms with Crippen molar-refractivity contribution in [3.8, 4) is 0 Å². The summed E-state index contributed by atoms with van der Waals surface area (Å²) in [5.74, 6) is 0.630. The van der Waals surface area contributed by atoms with Crippen LogP contribution in [0.5, 0.6) is 0 Å². The monoisotopic (exact) mass is 322 g/mol. The number of aromatic nitrogens is 1. The second kappa shape index (κ2) is 5.78. The lowest BCUT2D eigenvalue weighted by Crippen LogP contribution is -2.12. The molecular weight excluding hydrogens is 304 g/mol. The number of aryl methyl sites for hydroxylation is 1. The van der Waals surface area contributed by atoms with Crippen LogP contribution in [0.15, 0.2) is 42.5 Å². The van der Waals surface area contributed by atoms with E-state index in [-0.39, 0.29) is 5.91 Å². The fraction of sp³-hybridized carbons (Fsp3) is 0.263. The van der Waals surface area contributed by atoms with Gasteiger partial charge in [-0.05, 0) is 42.0 Å². The third-order valence-electron chi connectivity index (χ3n) is 4.44. The second-order valence-electron chi connectivity index (χ2n) is 6.22. The summed E-state index contributed by atoms with van der Waals surface area (Å²) in [7, 11) is 0. The quantitative estimate of drug-likeness (QED) is 0.745. The Morgan fingerprint density at radius 3 is 2.96 bits per heavy atom. The summed E-state index contributed by atoms with van der Waals surface area (Å²) in [4.78, 5) is 18.6. The van der Waals surface area contributed by atoms with Gasteiger partial charge in [-0.25, -0.2) is 4.98 Å². The molecule has 1 amide bonds. The van der Waals surface area contributed by atoms with E-state index in [2.05, 4.69) is 17.2 Å². The van der Waals surface area contributed by atoms with Crippen LogP contribution in [0.1, 0.15) is 34.3 Å². The molecule has 3 aromatic rings. The Labute approximate surface area is 139 Å². The van der Waals surface area contributed by atoms with Gasteiger partial charge in [-0.3, -0.25) is 10.1 Å². The minimum Gasteiger partial charge on any atom is -0.298 e. The molecule has 1 aliphatic rings. The van der Waals surface area contributed by atoms with E-state index in [1.807, 2.05) is 42.5 Å². The normalized spacial score (nSPS) is 17.0. The van der Waals surface area contributed by atoms with Crippen molar-refractivity contribution in [2.24, 2.45) is 5.92 Å². The lowest BCUT2D eigenvalue weighted by molar-refractivity contribution is 0.102. The topological polar surface area (TPSA) is 42.0 Å². The van der Waals surface area contributed by atoms with Gasteiger partial charge in [0.25, 0.3) is 5.91 Å². The molecule has 1 atom stereocenters. The number of carbonyl (C=O) groups excluding carboxylic acids is 1. The van der Waals surface area contributed by atoms with E-state index < -0.39 is 0 Å². The summed E-state index contributed by atoms with van der Waals surface area (Å²) in [5.41, 5.74) is 1.87. The number of benzene rings is 2. The lowest BCUT2D eigenvalue weighted by atomic mass is 9.93. The average molecular weight is 322 g/mol. The number of rotatable bonds is 2. The van der Waals surface area contributed by atoms with Gasteiger partial charge in [0.1, 0.15) is 0 Å². The Kier molecular flexibility index (Phi) is 3.62. The van der Waals surface area contributed by atoms with Gasteiger partial charge >= 0.3 is 0 Å². The first-order valence-corrected chi connectivity index (χ1v) is 8.80. The van der Waals surface area contributed by atoms with Crippen LogP contribution in [0.4, 0.5) is 5.13 Å². The molecule has 0 fully saturated rings. The Morgan fingerprint density at radius 2 is 2.04 bits per heavy atom. The second-order valence-corrected chi connectivity index (χ2v) is 7.30. The molecule has 1 aromatic heterocycles. The minimum atomic E-state index is -0.0825. The highest BCUT2D eigenvalue weighted by molar-refractivity contribution is 7.15. The summed E-state index contributed by atoms with van der Waals surface area (Å²) in [6.07, 6.45) is 3.29. The molecule has 0 radical (unpaired) electrons. The van der Waals surface area contributed by atoms with Crippen LogP contribution < -0.4 is 5.32 Å². The van der Waals surface area contributed by atoms with Crippen molar-refractivity contribution in [2.75, 3.05) is 5.32 Å². The Hall–Kier alpha value is -2.20. The largest absolute Gasteiger partial charge is 0.298 e. The molecule has 116 valence electrons. The molecular formula is C19H18N2OS. The summed E-state index contributed by atoms with van der Waals surface area (Å²) in [5, 5.41) is 5.77. The fourth-order valence-corrected chi connectivity index (χ4v) is 4.35. The third kappa shape index (κ3) is 2.75. The number of carbonyl (C=O) groups is 1. The number of thiazole rings is 1. The predicted molar refractivity (Wildman–Crippen MR) is 95.2 cm³/mol. The van der Waals surface area contributed by atoms with Crippen LogP contribution in [-0.2, 0) is 12.8 Å². The molecule has 23 heavy (non-hydrogen) atoms. The van der Waals surface area contributed by atoms with Crippen molar-refractivity contribution in [3.05, 3.63) is 58.6 Å². The fourth-order valence-electron chi connectivity index (χ4n) is 3.18. The van der Waals surface area contributed by atoms with Crippen molar-refractivity contribution in [1.82, 2.24) is 4.98 Å². The molecule has 2 aromatic carbocycles. The molecule has 0 saturated carbocycles. The molecule has 3 nitrogen and oxygen atoms in total. The summed E-state index contributed by atoms with van der Waals surface area (Å²) < 4.78 is 0. The van der Waals surface area contributed by atoms with Crippen LogP contribution in [0.25, 0.3) is 10.8 Å². The third-order valence-corrected chi connectivity index (χ3v) is 5.48. The number of nitrogens with zero attached hydrogens (tertiary/aromatic N) is 1. The van der Waals surface area contributed by atoms with Crippen molar-refractivity contribution >= 4 is 33.1 Å². The smallest absolute Gasteiger partial charge is 0.258 e. The van der Waals surface area contributed by atoms with Gasteiger partial charge in [-0.15, -0.1) is 11.3 Å². The number of hydrogen-bond donors (Lipinski definition) is 1. The van der Waals surface area contributed by atoms with Crippen molar-refractivity contribution < 1.29 is 4.79 Å². The van der Waals surface area contributed by atoms with E-state index in [0.29, 0.717) is 11.5 Å². The molecule has 1 N–H and O–H groups in total. The van der Waals surface area contributed by atoms with Gasteiger partial charge in [0.2, 0.25) is 0 Å². The van der Waals surface area contributed by atoms with Crippen molar-refractivity contribution in [2.45, 2.75) is 26.2 Å². The summed E-state index contributed by atoms with van der Waals surface area (Å²) in [6, 6.07) is 13.8. The highest BCUT2D eigenvalue weighted by atomic mass is 32.1. The summed E-state index contributed by atoms with van der Waals surface area (Å²) >= 11 is 1.62. The van der Waals surface area contributed by atoms with Crippen LogP contribution in [0.3, 0.4) is 0 Å². The van der Waals surface area contributed by atoms with Crippen molar-refractivity contribution in [3.63, 3.8) is 0 Å². The lowest BCUT2D eigenvalue weighted by Gasteiger charge is -2.15. The maximum absolute atomic E-state index is 12.7. The van der Waals surface area contributed by atoms with Gasteiger partial charge in [-0.2, -0.15) is 0 Å². The van der Waals surface area contributed by atoms with E-state index in [0.717, 1.165) is 28.7 Å². The van der Waals surface area contributed by atoms with Crippen molar-refractivity contribution in [1.29, 1.82) is 0 Å². The Morgan fingerprint density at radius 1 is 1.22 bits per heavy atom. The van der Waals surface area contributed by atoms with E-state index in [9.17, 15) is 4.79 Å². The van der Waals surface area contributed by atoms with Crippen LogP contribution in [0, 0.1) is 5.92 Å². The summed E-state index contributed by atoms with van der Waals surface area (Å²) in [6.45, 7) is 2.27. The Balaban J connectivity index is 1.63. The van der Waals surface area contributed by atoms with Crippen LogP contribution in [-0.4, -0.2) is 10.9 Å². The molecule has 4 heteroatoms. The zero-order valence-electron chi connectivity index (χ0n) is 13.0. The first kappa shape index (κ1) is 14.4. The standard InChI is InChI=1S/C19H18N2OS/c1-12-9-10-16-17(11-12)23-19(20-16)21-18(22)15-8-4-6-13-5-2-3-7-14(13)15/h2-8,12H,9-11H2,1H3,(H,20,21,22)/t12-/m1/s1. The first-order chi connectivity index (χ1) is 11.2. The van der Waals surface area contributed by atoms with Gasteiger partial charge in [-0.1, -0.05) is 43.3 Å². The molecule has 1 heterocycles. The predicted octanol–water partition coefficient (Wildman–Crippen LogP) is 4.67. The molecule has 1 aliphatic carbocycles. The molecule has 0 aliphatic heterocycles. The highest BCUT2D eigenvalue weighted by Gasteiger charge is 2.21. The van der Waals surface area contributed by atoms with Gasteiger partial charge in [0.05, 0.1) is 5.69 Å². The average Bonchev–Trinajstić information content (AvgIpc) is 2.95. The zero-order valence-corrected chi connectivity index (χ0v) is 13.8. The zero-order chi connectivity index (χ0) is 15.8. The molecule has 0 spiro atoms. The maximum atomic E-state index is 12.7. The number of hydrogen-bond acceptors (Lipinski definition) is 3. The van der Waals surface area contributed by atoms with Crippen LogP contribution >= 0.6 is 11.3 Å². The number of anilines is 1. The number of fused-ring (bicyclic) bond motifs is 2. The van der Waals surface area contributed by atoms with E-state index in [4.69, 9.17) is 0 Å². The van der Waals surface area contributed by atoms with Gasteiger partial charge in [0, 0.05) is 10.4 Å². The first-order valence-electron chi connectivity index (χ1n) is 7.98. The minimum absolute atomic E-state index is 0.0825. The molecule has 0 unspecified atom stereocenters. The van der Waals surface area contributed by atoms with Gasteiger partial charge in [0.15, 0.2) is 5.13 Å². The van der Waals surface area contributed by atoms with Crippen LogP contribution in [0.2, 0.25) is 0 Å². The van der Waals surface area contributed by atoms with E-state index in [1.54, 1.807) is 11.3 Å². The molecule has 0 bridgehead atoms. The van der Waals surface area contributed by atoms with Gasteiger partial charge < -0.3 is 0 Å². The maximum Gasteiger partial charge on any atom is 0.258 e. The number of nitrogens with one attached hydrogen (secondary N) is 1. The Bertz CT molecular complexity index is 879. The highest BCUT2D eigenvalue weighted by Crippen LogP contribution is 2.32.